The van der Waals surface area contributed by atoms with Crippen LogP contribution in [0.5, 0.6) is 0 Å². The van der Waals surface area contributed by atoms with E-state index in [0.29, 0.717) is 0 Å². The standard InChI is InChI=1S/C17H24N6O/c1-21-8-6-18-15(21)11-22-9-10-24-14-17(12-22)3-7-23(13-17)16-19-4-2-5-20-16/h2,4-6,8H,3,7,9-14H2,1H3. The van der Waals surface area contributed by atoms with Crippen molar-refractivity contribution in [3.8, 4) is 0 Å². The second-order valence-corrected chi connectivity index (χ2v) is 6.94. The molecule has 4 heterocycles. The van der Waals surface area contributed by atoms with Crippen LogP contribution in [-0.4, -0.2) is 63.8 Å². The van der Waals surface area contributed by atoms with Crippen LogP contribution in [0.2, 0.25) is 0 Å². The third kappa shape index (κ3) is 3.14. The van der Waals surface area contributed by atoms with Gasteiger partial charge in [-0.3, -0.25) is 4.90 Å². The van der Waals surface area contributed by atoms with Crippen LogP contribution in [0.1, 0.15) is 12.2 Å². The van der Waals surface area contributed by atoms with Crippen LogP contribution in [-0.2, 0) is 18.3 Å². The van der Waals surface area contributed by atoms with E-state index >= 15 is 0 Å². The topological polar surface area (TPSA) is 59.3 Å². The van der Waals surface area contributed by atoms with E-state index in [1.165, 1.54) is 0 Å². The molecule has 0 bridgehead atoms. The Morgan fingerprint density at radius 3 is 2.79 bits per heavy atom. The van der Waals surface area contributed by atoms with E-state index in [2.05, 4.69) is 36.4 Å². The average molecular weight is 328 g/mol. The van der Waals surface area contributed by atoms with Crippen LogP contribution in [0, 0.1) is 5.41 Å². The van der Waals surface area contributed by atoms with Crippen molar-refractivity contribution in [3.63, 3.8) is 0 Å². The molecule has 0 radical (unpaired) electrons. The molecule has 0 aromatic carbocycles. The quantitative estimate of drug-likeness (QED) is 0.836. The second kappa shape index (κ2) is 6.49. The van der Waals surface area contributed by atoms with E-state index < -0.39 is 0 Å². The average Bonchev–Trinajstić information content (AvgIpc) is 3.13. The van der Waals surface area contributed by atoms with Gasteiger partial charge in [-0.2, -0.15) is 0 Å². The molecule has 2 aromatic rings. The van der Waals surface area contributed by atoms with E-state index in [1.807, 2.05) is 30.9 Å². The van der Waals surface area contributed by atoms with Gasteiger partial charge < -0.3 is 14.2 Å². The van der Waals surface area contributed by atoms with Crippen LogP contribution in [0.4, 0.5) is 5.95 Å². The first kappa shape index (κ1) is 15.5. The van der Waals surface area contributed by atoms with Gasteiger partial charge in [-0.25, -0.2) is 15.0 Å². The monoisotopic (exact) mass is 328 g/mol. The number of anilines is 1. The lowest BCUT2D eigenvalue weighted by Gasteiger charge is -2.31. The lowest BCUT2D eigenvalue weighted by Crippen LogP contribution is -2.41. The van der Waals surface area contributed by atoms with Crippen LogP contribution in [0.25, 0.3) is 0 Å². The maximum absolute atomic E-state index is 5.96. The molecule has 4 rings (SSSR count). The van der Waals surface area contributed by atoms with Gasteiger partial charge in [0.2, 0.25) is 5.95 Å². The SMILES string of the molecule is Cn1ccnc1CN1CCOCC2(CCN(c3ncccn3)C2)C1. The fourth-order valence-corrected chi connectivity index (χ4v) is 3.77. The Bertz CT molecular complexity index is 675. The number of aromatic nitrogens is 4. The molecule has 2 fully saturated rings. The number of hydrogen-bond donors (Lipinski definition) is 0. The summed E-state index contributed by atoms with van der Waals surface area (Å²) < 4.78 is 8.05. The third-order valence-electron chi connectivity index (χ3n) is 5.08. The predicted molar refractivity (Wildman–Crippen MR) is 90.6 cm³/mol. The summed E-state index contributed by atoms with van der Waals surface area (Å²) >= 11 is 0. The van der Waals surface area contributed by atoms with E-state index in [9.17, 15) is 0 Å². The first-order chi connectivity index (χ1) is 11.7. The first-order valence-corrected chi connectivity index (χ1v) is 8.52. The summed E-state index contributed by atoms with van der Waals surface area (Å²) in [6, 6.07) is 1.86. The number of aryl methyl sites for hydroxylation is 1. The number of imidazole rings is 1. The summed E-state index contributed by atoms with van der Waals surface area (Å²) in [7, 11) is 2.05. The summed E-state index contributed by atoms with van der Waals surface area (Å²) in [6.07, 6.45) is 8.60. The van der Waals surface area contributed by atoms with Gasteiger partial charge in [0.15, 0.2) is 0 Å². The molecule has 7 nitrogen and oxygen atoms in total. The lowest BCUT2D eigenvalue weighted by molar-refractivity contribution is 0.0797. The predicted octanol–water partition coefficient (Wildman–Crippen LogP) is 0.939. The molecule has 2 saturated heterocycles. The van der Waals surface area contributed by atoms with Crippen molar-refractivity contribution in [1.82, 2.24) is 24.4 Å². The molecule has 1 unspecified atom stereocenters. The molecule has 2 aliphatic heterocycles. The van der Waals surface area contributed by atoms with Gasteiger partial charge in [0, 0.05) is 63.4 Å². The van der Waals surface area contributed by atoms with Gasteiger partial charge in [0.05, 0.1) is 19.8 Å². The highest BCUT2D eigenvalue weighted by molar-refractivity contribution is 5.32. The van der Waals surface area contributed by atoms with Gasteiger partial charge in [-0.1, -0.05) is 0 Å². The number of rotatable bonds is 3. The molecule has 1 atom stereocenters. The van der Waals surface area contributed by atoms with E-state index in [4.69, 9.17) is 4.74 Å². The summed E-state index contributed by atoms with van der Waals surface area (Å²) in [5.41, 5.74) is 0.154. The fraction of sp³-hybridized carbons (Fsp3) is 0.588. The molecule has 0 amide bonds. The normalized spacial score (nSPS) is 25.3. The zero-order chi connectivity index (χ0) is 16.4. The fourth-order valence-electron chi connectivity index (χ4n) is 3.77. The molecule has 128 valence electrons. The Morgan fingerprint density at radius 1 is 1.12 bits per heavy atom. The third-order valence-corrected chi connectivity index (χ3v) is 5.08. The van der Waals surface area contributed by atoms with Crippen molar-refractivity contribution in [1.29, 1.82) is 0 Å². The molecule has 0 N–H and O–H groups in total. The van der Waals surface area contributed by atoms with Crippen molar-refractivity contribution in [2.45, 2.75) is 13.0 Å². The molecule has 2 aliphatic rings. The summed E-state index contributed by atoms with van der Waals surface area (Å²) in [5.74, 6) is 1.93. The van der Waals surface area contributed by atoms with Crippen LogP contribution >= 0.6 is 0 Å². The van der Waals surface area contributed by atoms with E-state index in [0.717, 1.165) is 64.1 Å². The summed E-state index contributed by atoms with van der Waals surface area (Å²) in [6.45, 7) is 6.40. The highest BCUT2D eigenvalue weighted by Gasteiger charge is 2.42. The maximum Gasteiger partial charge on any atom is 0.225 e. The van der Waals surface area contributed by atoms with Gasteiger partial charge in [-0.05, 0) is 12.5 Å². The molecule has 0 aliphatic carbocycles. The summed E-state index contributed by atoms with van der Waals surface area (Å²) in [4.78, 5) is 18.0. The second-order valence-electron chi connectivity index (χ2n) is 6.94. The summed E-state index contributed by atoms with van der Waals surface area (Å²) in [5, 5.41) is 0. The van der Waals surface area contributed by atoms with E-state index in [-0.39, 0.29) is 5.41 Å². The Hall–Kier alpha value is -1.99. The lowest BCUT2D eigenvalue weighted by atomic mass is 9.87. The maximum atomic E-state index is 5.96. The highest BCUT2D eigenvalue weighted by atomic mass is 16.5. The van der Waals surface area contributed by atoms with Crippen molar-refractivity contribution in [3.05, 3.63) is 36.7 Å². The first-order valence-electron chi connectivity index (χ1n) is 8.52. The molecular weight excluding hydrogens is 304 g/mol. The molecule has 0 saturated carbocycles. The zero-order valence-corrected chi connectivity index (χ0v) is 14.1. The van der Waals surface area contributed by atoms with Crippen molar-refractivity contribution in [2.24, 2.45) is 12.5 Å². The molecular formula is C17H24N6O. The molecule has 1 spiro atoms. The van der Waals surface area contributed by atoms with Gasteiger partial charge >= 0.3 is 0 Å². The van der Waals surface area contributed by atoms with Crippen LogP contribution in [0.15, 0.2) is 30.9 Å². The highest BCUT2D eigenvalue weighted by Crippen LogP contribution is 2.35. The molecule has 7 heteroatoms. The number of nitrogens with zero attached hydrogens (tertiary/aromatic N) is 6. The van der Waals surface area contributed by atoms with Gasteiger partial charge in [0.25, 0.3) is 0 Å². The van der Waals surface area contributed by atoms with Crippen molar-refractivity contribution < 1.29 is 4.74 Å². The van der Waals surface area contributed by atoms with Gasteiger partial charge in [0.1, 0.15) is 5.82 Å². The Morgan fingerprint density at radius 2 is 2.00 bits per heavy atom. The zero-order valence-electron chi connectivity index (χ0n) is 14.1. The minimum Gasteiger partial charge on any atom is -0.379 e. The number of ether oxygens (including phenoxy) is 1. The van der Waals surface area contributed by atoms with Crippen molar-refractivity contribution in [2.75, 3.05) is 44.3 Å². The molecule has 24 heavy (non-hydrogen) atoms. The Balaban J connectivity index is 1.47. The molecule has 2 aromatic heterocycles. The van der Waals surface area contributed by atoms with E-state index in [1.54, 1.807) is 0 Å². The van der Waals surface area contributed by atoms with Gasteiger partial charge in [-0.15, -0.1) is 0 Å². The number of hydrogen-bond acceptors (Lipinski definition) is 6. The Labute approximate surface area is 142 Å². The van der Waals surface area contributed by atoms with Crippen molar-refractivity contribution >= 4 is 5.95 Å². The van der Waals surface area contributed by atoms with Crippen LogP contribution in [0.3, 0.4) is 0 Å². The Kier molecular flexibility index (Phi) is 4.20. The van der Waals surface area contributed by atoms with Crippen LogP contribution < -0.4 is 4.90 Å². The minimum atomic E-state index is 0.154. The minimum absolute atomic E-state index is 0.154. The largest absolute Gasteiger partial charge is 0.379 e. The smallest absolute Gasteiger partial charge is 0.225 e.